The lowest BCUT2D eigenvalue weighted by Crippen LogP contribution is -2.43. The summed E-state index contributed by atoms with van der Waals surface area (Å²) in [5.74, 6) is 0.730. The number of para-hydroxylation sites is 1. The first-order valence-electron chi connectivity index (χ1n) is 11.5. The van der Waals surface area contributed by atoms with Crippen molar-refractivity contribution in [3.63, 3.8) is 0 Å². The van der Waals surface area contributed by atoms with Gasteiger partial charge in [0.1, 0.15) is 22.0 Å². The van der Waals surface area contributed by atoms with Gasteiger partial charge in [0.05, 0.1) is 18.8 Å². The van der Waals surface area contributed by atoms with Crippen LogP contribution in [0.15, 0.2) is 40.3 Å². The van der Waals surface area contributed by atoms with Crippen molar-refractivity contribution in [1.29, 1.82) is 0 Å². The number of fused-ring (bicyclic) bond motifs is 1. The zero-order valence-corrected chi connectivity index (χ0v) is 21.9. The minimum Gasteiger partial charge on any atom is -0.496 e. The lowest BCUT2D eigenvalue weighted by molar-refractivity contribution is -0.121. The van der Waals surface area contributed by atoms with Gasteiger partial charge < -0.3 is 10.1 Å². The van der Waals surface area contributed by atoms with Gasteiger partial charge in [0.2, 0.25) is 15.9 Å². The van der Waals surface area contributed by atoms with Crippen LogP contribution in [-0.4, -0.2) is 48.4 Å². The maximum atomic E-state index is 13.6. The fraction of sp³-hybridized carbons (Fsp3) is 0.458. The third-order valence-electron chi connectivity index (χ3n) is 6.22. The second-order valence-electron chi connectivity index (χ2n) is 9.20. The molecule has 1 amide bonds. The number of benzene rings is 1. The Morgan fingerprint density at radius 3 is 2.60 bits per heavy atom. The molecule has 0 unspecified atom stereocenters. The van der Waals surface area contributed by atoms with Crippen LogP contribution in [0, 0.1) is 18.8 Å². The number of thiophene rings is 1. The molecule has 1 aliphatic heterocycles. The van der Waals surface area contributed by atoms with Crippen LogP contribution in [0.3, 0.4) is 0 Å². The molecular weight excluding hydrogens is 488 g/mol. The van der Waals surface area contributed by atoms with E-state index in [1.54, 1.807) is 20.1 Å². The Morgan fingerprint density at radius 2 is 1.91 bits per heavy atom. The van der Waals surface area contributed by atoms with Crippen LogP contribution in [0.2, 0.25) is 0 Å². The molecule has 2 aromatic heterocycles. The van der Waals surface area contributed by atoms with E-state index in [0.29, 0.717) is 28.5 Å². The Bertz CT molecular complexity index is 1400. The van der Waals surface area contributed by atoms with E-state index >= 15 is 0 Å². The van der Waals surface area contributed by atoms with Crippen molar-refractivity contribution in [3.05, 3.63) is 51.4 Å². The Morgan fingerprint density at radius 1 is 1.23 bits per heavy atom. The molecule has 1 fully saturated rings. The van der Waals surface area contributed by atoms with E-state index in [2.05, 4.69) is 10.3 Å². The SMILES string of the molecule is COc1ccccc1CNC(=O)Cn1cnc2sc(C)c(S(=O)(=O)N3C[C@H](C)C[C@H](C)C3)c2c1=O. The van der Waals surface area contributed by atoms with Crippen molar-refractivity contribution in [3.8, 4) is 5.75 Å². The standard InChI is InChI=1S/C24H30N4O5S2/c1-15-9-16(2)12-28(11-15)35(31,32)22-17(3)34-23-21(22)24(30)27(14-26-23)13-20(29)25-10-18-7-5-6-8-19(18)33-4/h5-8,14-16H,9-13H2,1-4H3,(H,25,29)/t15-,16+. The molecule has 2 atom stereocenters. The van der Waals surface area contributed by atoms with Crippen molar-refractivity contribution in [2.24, 2.45) is 11.8 Å². The highest BCUT2D eigenvalue weighted by atomic mass is 32.2. The number of nitrogens with zero attached hydrogens (tertiary/aromatic N) is 3. The van der Waals surface area contributed by atoms with Gasteiger partial charge in [-0.2, -0.15) is 4.31 Å². The van der Waals surface area contributed by atoms with E-state index in [4.69, 9.17) is 4.74 Å². The second-order valence-corrected chi connectivity index (χ2v) is 12.3. The van der Waals surface area contributed by atoms with E-state index in [-0.39, 0.29) is 35.2 Å². The molecule has 1 N–H and O–H groups in total. The van der Waals surface area contributed by atoms with Gasteiger partial charge in [0, 0.05) is 30.1 Å². The molecule has 0 spiro atoms. The van der Waals surface area contributed by atoms with Gasteiger partial charge in [0.25, 0.3) is 5.56 Å². The molecule has 1 aromatic carbocycles. The van der Waals surface area contributed by atoms with Crippen LogP contribution in [-0.2, 0) is 27.9 Å². The monoisotopic (exact) mass is 518 g/mol. The Kier molecular flexibility index (Phi) is 7.30. The van der Waals surface area contributed by atoms with Gasteiger partial charge in [-0.1, -0.05) is 32.0 Å². The molecule has 188 valence electrons. The van der Waals surface area contributed by atoms with Crippen molar-refractivity contribution >= 4 is 37.5 Å². The topological polar surface area (TPSA) is 111 Å². The number of aryl methyl sites for hydroxylation is 1. The average molecular weight is 519 g/mol. The van der Waals surface area contributed by atoms with E-state index < -0.39 is 21.5 Å². The number of ether oxygens (including phenoxy) is 1. The molecule has 0 saturated carbocycles. The number of carbonyl (C=O) groups excluding carboxylic acids is 1. The number of piperidine rings is 1. The number of hydrogen-bond acceptors (Lipinski definition) is 7. The molecule has 1 aliphatic rings. The quantitative estimate of drug-likeness (QED) is 0.515. The molecule has 11 heteroatoms. The van der Waals surface area contributed by atoms with Crippen LogP contribution in [0.1, 0.15) is 30.7 Å². The van der Waals surface area contributed by atoms with Crippen LogP contribution in [0.25, 0.3) is 10.2 Å². The minimum absolute atomic E-state index is 0.0140. The maximum absolute atomic E-state index is 13.6. The molecule has 3 heterocycles. The first-order valence-corrected chi connectivity index (χ1v) is 13.7. The van der Waals surface area contributed by atoms with E-state index in [9.17, 15) is 18.0 Å². The highest BCUT2D eigenvalue weighted by Crippen LogP contribution is 2.35. The number of methoxy groups -OCH3 is 1. The van der Waals surface area contributed by atoms with E-state index in [1.165, 1.54) is 22.0 Å². The van der Waals surface area contributed by atoms with Crippen molar-refractivity contribution in [2.75, 3.05) is 20.2 Å². The van der Waals surface area contributed by atoms with Crippen LogP contribution in [0.5, 0.6) is 5.75 Å². The molecule has 9 nitrogen and oxygen atoms in total. The number of rotatable bonds is 7. The molecule has 1 saturated heterocycles. The predicted octanol–water partition coefficient (Wildman–Crippen LogP) is 2.76. The number of amides is 1. The van der Waals surface area contributed by atoms with Gasteiger partial charge in [0.15, 0.2) is 0 Å². The first-order chi connectivity index (χ1) is 16.6. The van der Waals surface area contributed by atoms with E-state index in [0.717, 1.165) is 16.6 Å². The number of sulfonamides is 1. The van der Waals surface area contributed by atoms with Gasteiger partial charge in [-0.25, -0.2) is 13.4 Å². The zero-order chi connectivity index (χ0) is 25.3. The van der Waals surface area contributed by atoms with Gasteiger partial charge in [-0.15, -0.1) is 11.3 Å². The number of hydrogen-bond donors (Lipinski definition) is 1. The summed E-state index contributed by atoms with van der Waals surface area (Å²) < 4.78 is 35.2. The zero-order valence-electron chi connectivity index (χ0n) is 20.3. The Balaban J connectivity index is 1.62. The summed E-state index contributed by atoms with van der Waals surface area (Å²) in [7, 11) is -2.33. The average Bonchev–Trinajstić information content (AvgIpc) is 3.16. The largest absolute Gasteiger partial charge is 0.496 e. The number of carbonyl (C=O) groups is 1. The molecule has 0 bridgehead atoms. The Hall–Kier alpha value is -2.76. The summed E-state index contributed by atoms with van der Waals surface area (Å²) in [5.41, 5.74) is 0.263. The van der Waals surface area contributed by atoms with Gasteiger partial charge in [-0.3, -0.25) is 14.2 Å². The third kappa shape index (κ3) is 5.12. The predicted molar refractivity (Wildman–Crippen MR) is 135 cm³/mol. The minimum atomic E-state index is -3.89. The molecular formula is C24H30N4O5S2. The van der Waals surface area contributed by atoms with Crippen LogP contribution in [0.4, 0.5) is 0 Å². The fourth-order valence-electron chi connectivity index (χ4n) is 4.72. The molecule has 4 rings (SSSR count). The highest BCUT2D eigenvalue weighted by Gasteiger charge is 2.35. The normalized spacial score (nSPS) is 19.1. The molecule has 3 aromatic rings. The lowest BCUT2D eigenvalue weighted by atomic mass is 9.94. The lowest BCUT2D eigenvalue weighted by Gasteiger charge is -2.34. The van der Waals surface area contributed by atoms with Crippen LogP contribution < -0.4 is 15.6 Å². The first kappa shape index (κ1) is 25.3. The van der Waals surface area contributed by atoms with Crippen molar-refractivity contribution in [1.82, 2.24) is 19.2 Å². The molecule has 35 heavy (non-hydrogen) atoms. The maximum Gasteiger partial charge on any atom is 0.263 e. The van der Waals surface area contributed by atoms with Crippen LogP contribution >= 0.6 is 11.3 Å². The molecule has 0 aliphatic carbocycles. The summed E-state index contributed by atoms with van der Waals surface area (Å²) in [6.45, 7) is 6.56. The summed E-state index contributed by atoms with van der Waals surface area (Å²) in [6.07, 6.45) is 2.26. The molecule has 0 radical (unpaired) electrons. The Labute approximate surface area is 208 Å². The highest BCUT2D eigenvalue weighted by molar-refractivity contribution is 7.89. The summed E-state index contributed by atoms with van der Waals surface area (Å²) in [4.78, 5) is 31.2. The number of aromatic nitrogens is 2. The third-order valence-corrected chi connectivity index (χ3v) is 9.36. The number of nitrogens with one attached hydrogen (secondary N) is 1. The van der Waals surface area contributed by atoms with Gasteiger partial charge in [-0.05, 0) is 31.2 Å². The summed E-state index contributed by atoms with van der Waals surface area (Å²) >= 11 is 1.18. The summed E-state index contributed by atoms with van der Waals surface area (Å²) in [6, 6.07) is 7.32. The summed E-state index contributed by atoms with van der Waals surface area (Å²) in [5, 5.41) is 2.83. The van der Waals surface area contributed by atoms with E-state index in [1.807, 2.05) is 32.0 Å². The fourth-order valence-corrected chi connectivity index (χ4v) is 8.07. The van der Waals surface area contributed by atoms with Crippen molar-refractivity contribution < 1.29 is 17.9 Å². The van der Waals surface area contributed by atoms with Gasteiger partial charge >= 0.3 is 0 Å². The van der Waals surface area contributed by atoms with Crippen molar-refractivity contribution in [2.45, 2.75) is 45.2 Å². The second kappa shape index (κ2) is 10.1. The smallest absolute Gasteiger partial charge is 0.263 e.